The first-order chi connectivity index (χ1) is 13.4. The van der Waals surface area contributed by atoms with Gasteiger partial charge in [-0.3, -0.25) is 9.59 Å². The molecule has 0 aliphatic carbocycles. The van der Waals surface area contributed by atoms with Gasteiger partial charge >= 0.3 is 5.97 Å². The molecule has 2 aromatic rings. The van der Waals surface area contributed by atoms with Crippen molar-refractivity contribution in [3.05, 3.63) is 47.5 Å². The van der Waals surface area contributed by atoms with Crippen molar-refractivity contribution in [2.75, 3.05) is 24.9 Å². The van der Waals surface area contributed by atoms with Crippen LogP contribution in [0.25, 0.3) is 0 Å². The van der Waals surface area contributed by atoms with Gasteiger partial charge in [0.15, 0.2) is 11.5 Å². The molecular formula is C20H20N2O6. The molecule has 1 aliphatic heterocycles. The molecule has 0 aromatic heterocycles. The lowest BCUT2D eigenvalue weighted by Gasteiger charge is -2.13. The molecule has 1 heterocycles. The van der Waals surface area contributed by atoms with Gasteiger partial charge in [-0.05, 0) is 24.3 Å². The Labute approximate surface area is 161 Å². The monoisotopic (exact) mass is 384 g/mol. The van der Waals surface area contributed by atoms with E-state index in [2.05, 4.69) is 10.6 Å². The number of cyclic esters (lactones) is 1. The SMILES string of the molecule is COc1ccc2c(c1OC)C(=O)O[C@H]2CC(=O)Nc1cccc(NC(C)=O)c1. The van der Waals surface area contributed by atoms with Crippen molar-refractivity contribution in [1.29, 1.82) is 0 Å². The minimum Gasteiger partial charge on any atom is -0.493 e. The normalized spacial score (nSPS) is 14.7. The van der Waals surface area contributed by atoms with Crippen LogP contribution in [0.1, 0.15) is 35.4 Å². The number of hydrogen-bond donors (Lipinski definition) is 2. The summed E-state index contributed by atoms with van der Waals surface area (Å²) in [7, 11) is 2.91. The zero-order valence-electron chi connectivity index (χ0n) is 15.7. The largest absolute Gasteiger partial charge is 0.493 e. The molecule has 0 fully saturated rings. The lowest BCUT2D eigenvalue weighted by Crippen LogP contribution is -2.16. The molecule has 0 spiro atoms. The van der Waals surface area contributed by atoms with Gasteiger partial charge in [0.05, 0.1) is 20.6 Å². The van der Waals surface area contributed by atoms with Crippen molar-refractivity contribution in [2.24, 2.45) is 0 Å². The molecule has 28 heavy (non-hydrogen) atoms. The maximum Gasteiger partial charge on any atom is 0.343 e. The van der Waals surface area contributed by atoms with Crippen LogP contribution >= 0.6 is 0 Å². The van der Waals surface area contributed by atoms with Crippen molar-refractivity contribution in [1.82, 2.24) is 0 Å². The first-order valence-corrected chi connectivity index (χ1v) is 8.56. The molecule has 1 aliphatic rings. The van der Waals surface area contributed by atoms with Gasteiger partial charge < -0.3 is 24.8 Å². The molecule has 2 aromatic carbocycles. The van der Waals surface area contributed by atoms with Gasteiger partial charge in [0.1, 0.15) is 11.7 Å². The second-order valence-corrected chi connectivity index (χ2v) is 6.17. The molecule has 0 bridgehead atoms. The number of benzene rings is 2. The number of nitrogens with one attached hydrogen (secondary N) is 2. The molecule has 2 amide bonds. The van der Waals surface area contributed by atoms with Crippen LogP contribution < -0.4 is 20.1 Å². The number of methoxy groups -OCH3 is 2. The Balaban J connectivity index is 1.75. The number of fused-ring (bicyclic) bond motifs is 1. The van der Waals surface area contributed by atoms with E-state index in [0.29, 0.717) is 22.7 Å². The molecule has 146 valence electrons. The Morgan fingerprint density at radius 3 is 2.43 bits per heavy atom. The Kier molecular flexibility index (Phi) is 5.49. The minimum atomic E-state index is -0.721. The van der Waals surface area contributed by atoms with Gasteiger partial charge in [0, 0.05) is 23.9 Å². The van der Waals surface area contributed by atoms with Crippen molar-refractivity contribution in [2.45, 2.75) is 19.4 Å². The van der Waals surface area contributed by atoms with Gasteiger partial charge in [-0.25, -0.2) is 4.79 Å². The number of anilines is 2. The van der Waals surface area contributed by atoms with E-state index in [9.17, 15) is 14.4 Å². The molecule has 3 rings (SSSR count). The molecular weight excluding hydrogens is 364 g/mol. The van der Waals surface area contributed by atoms with Crippen molar-refractivity contribution < 1.29 is 28.6 Å². The van der Waals surface area contributed by atoms with Gasteiger partial charge in [-0.1, -0.05) is 12.1 Å². The molecule has 0 radical (unpaired) electrons. The number of hydrogen-bond acceptors (Lipinski definition) is 6. The summed E-state index contributed by atoms with van der Waals surface area (Å²) in [6.07, 6.45) is -0.778. The number of ether oxygens (including phenoxy) is 3. The van der Waals surface area contributed by atoms with E-state index < -0.39 is 12.1 Å². The zero-order valence-corrected chi connectivity index (χ0v) is 15.7. The van der Waals surface area contributed by atoms with E-state index in [1.54, 1.807) is 36.4 Å². The lowest BCUT2D eigenvalue weighted by atomic mass is 10.0. The highest BCUT2D eigenvalue weighted by Crippen LogP contribution is 2.43. The summed E-state index contributed by atoms with van der Waals surface area (Å²) in [5.41, 5.74) is 1.94. The van der Waals surface area contributed by atoms with E-state index in [-0.39, 0.29) is 29.5 Å². The van der Waals surface area contributed by atoms with Crippen LogP contribution in [0.5, 0.6) is 11.5 Å². The quantitative estimate of drug-likeness (QED) is 0.743. The number of carbonyl (C=O) groups excluding carboxylic acids is 3. The Hall–Kier alpha value is -3.55. The third kappa shape index (κ3) is 3.90. The van der Waals surface area contributed by atoms with E-state index in [1.807, 2.05) is 0 Å². The summed E-state index contributed by atoms with van der Waals surface area (Å²) in [6.45, 7) is 1.40. The fourth-order valence-corrected chi connectivity index (χ4v) is 3.08. The van der Waals surface area contributed by atoms with Crippen LogP contribution in [0.4, 0.5) is 11.4 Å². The maximum absolute atomic E-state index is 12.5. The van der Waals surface area contributed by atoms with E-state index in [0.717, 1.165) is 0 Å². The topological polar surface area (TPSA) is 103 Å². The standard InChI is InChI=1S/C20H20N2O6/c1-11(23)21-12-5-4-6-13(9-12)22-17(24)10-16-14-7-8-15(26-2)19(27-3)18(14)20(25)28-16/h4-9,16H,10H2,1-3H3,(H,21,23)(H,22,24)/t16-/m0/s1. The van der Waals surface area contributed by atoms with Crippen molar-refractivity contribution in [3.8, 4) is 11.5 Å². The number of amides is 2. The van der Waals surface area contributed by atoms with Crippen LogP contribution in [0, 0.1) is 0 Å². The molecule has 0 unspecified atom stereocenters. The Morgan fingerprint density at radius 1 is 1.07 bits per heavy atom. The lowest BCUT2D eigenvalue weighted by molar-refractivity contribution is -0.118. The van der Waals surface area contributed by atoms with Crippen molar-refractivity contribution >= 4 is 29.2 Å². The molecule has 0 saturated heterocycles. The zero-order chi connectivity index (χ0) is 20.3. The minimum absolute atomic E-state index is 0.0570. The van der Waals surface area contributed by atoms with Gasteiger partial charge in [0.25, 0.3) is 0 Å². The second kappa shape index (κ2) is 7.99. The molecule has 2 N–H and O–H groups in total. The smallest absolute Gasteiger partial charge is 0.343 e. The number of esters is 1. The first kappa shape index (κ1) is 19.2. The third-order valence-corrected chi connectivity index (χ3v) is 4.22. The summed E-state index contributed by atoms with van der Waals surface area (Å²) in [5.74, 6) is -0.395. The molecule has 1 atom stereocenters. The number of carbonyl (C=O) groups is 3. The highest BCUT2D eigenvalue weighted by molar-refractivity contribution is 5.99. The summed E-state index contributed by atoms with van der Waals surface area (Å²) in [5, 5.41) is 5.39. The van der Waals surface area contributed by atoms with Gasteiger partial charge in [0.2, 0.25) is 11.8 Å². The van der Waals surface area contributed by atoms with E-state index in [4.69, 9.17) is 14.2 Å². The van der Waals surface area contributed by atoms with Crippen LogP contribution in [-0.4, -0.2) is 32.0 Å². The predicted molar refractivity (Wildman–Crippen MR) is 102 cm³/mol. The number of rotatable bonds is 6. The van der Waals surface area contributed by atoms with E-state index >= 15 is 0 Å². The van der Waals surface area contributed by atoms with E-state index in [1.165, 1.54) is 21.1 Å². The highest BCUT2D eigenvalue weighted by Gasteiger charge is 2.36. The Bertz CT molecular complexity index is 940. The second-order valence-electron chi connectivity index (χ2n) is 6.17. The first-order valence-electron chi connectivity index (χ1n) is 8.56. The summed E-state index contributed by atoms with van der Waals surface area (Å²) in [6, 6.07) is 10.1. The summed E-state index contributed by atoms with van der Waals surface area (Å²) in [4.78, 5) is 35.9. The fourth-order valence-electron chi connectivity index (χ4n) is 3.08. The molecule has 8 nitrogen and oxygen atoms in total. The average molecular weight is 384 g/mol. The summed E-state index contributed by atoms with van der Waals surface area (Å²) >= 11 is 0. The highest BCUT2D eigenvalue weighted by atomic mass is 16.6. The molecule has 0 saturated carbocycles. The van der Waals surface area contributed by atoms with Crippen LogP contribution in [0.15, 0.2) is 36.4 Å². The predicted octanol–water partition coefficient (Wildman–Crippen LogP) is 2.90. The maximum atomic E-state index is 12.5. The van der Waals surface area contributed by atoms with Crippen LogP contribution in [-0.2, 0) is 14.3 Å². The fraction of sp³-hybridized carbons (Fsp3) is 0.250. The van der Waals surface area contributed by atoms with Gasteiger partial charge in [-0.2, -0.15) is 0 Å². The average Bonchev–Trinajstić information content (AvgIpc) is 2.96. The summed E-state index contributed by atoms with van der Waals surface area (Å²) < 4.78 is 15.9. The van der Waals surface area contributed by atoms with Crippen LogP contribution in [0.2, 0.25) is 0 Å². The Morgan fingerprint density at radius 2 is 1.79 bits per heavy atom. The van der Waals surface area contributed by atoms with Crippen molar-refractivity contribution in [3.63, 3.8) is 0 Å². The molecule has 8 heteroatoms. The van der Waals surface area contributed by atoms with Crippen LogP contribution in [0.3, 0.4) is 0 Å². The third-order valence-electron chi connectivity index (χ3n) is 4.22. The van der Waals surface area contributed by atoms with Gasteiger partial charge in [-0.15, -0.1) is 0 Å².